The Balaban J connectivity index is 1.98. The number of carbonyl (C=O) groups excluding carboxylic acids is 1. The van der Waals surface area contributed by atoms with Crippen molar-refractivity contribution in [2.75, 3.05) is 7.11 Å². The summed E-state index contributed by atoms with van der Waals surface area (Å²) in [5.41, 5.74) is 3.50. The van der Waals surface area contributed by atoms with Gasteiger partial charge in [0.05, 0.1) is 7.11 Å². The highest BCUT2D eigenvalue weighted by Crippen LogP contribution is 2.34. The molecule has 0 bridgehead atoms. The Morgan fingerprint density at radius 3 is 2.14 bits per heavy atom. The normalized spacial score (nSPS) is 17.8. The van der Waals surface area contributed by atoms with E-state index in [4.69, 9.17) is 9.47 Å². The van der Waals surface area contributed by atoms with Crippen LogP contribution in [0, 0.1) is 0 Å². The highest BCUT2D eigenvalue weighted by atomic mass is 79.9. The molecular weight excluding hydrogens is 332 g/mol. The SMILES string of the molecule is COC1=C(c2ccc(-c3ccccc3)cc2)C(=O)OC1Br. The first-order valence-corrected chi connectivity index (χ1v) is 7.41. The minimum Gasteiger partial charge on any atom is -0.495 e. The average molecular weight is 345 g/mol. The zero-order valence-electron chi connectivity index (χ0n) is 11.4. The van der Waals surface area contributed by atoms with Gasteiger partial charge in [0.2, 0.25) is 5.01 Å². The standard InChI is InChI=1S/C17H13BrO3/c1-20-15-14(17(19)21-16(15)18)13-9-7-12(8-10-13)11-5-3-2-4-6-11/h2-10,16H,1H3. The number of methoxy groups -OCH3 is 1. The van der Waals surface area contributed by atoms with Crippen LogP contribution < -0.4 is 0 Å². The monoisotopic (exact) mass is 344 g/mol. The Hall–Kier alpha value is -2.07. The molecule has 3 nitrogen and oxygen atoms in total. The number of ether oxygens (including phenoxy) is 2. The lowest BCUT2D eigenvalue weighted by atomic mass is 10.0. The first-order valence-electron chi connectivity index (χ1n) is 6.50. The molecular formula is C17H13BrO3. The molecule has 0 aliphatic carbocycles. The van der Waals surface area contributed by atoms with Crippen LogP contribution in [0.15, 0.2) is 60.4 Å². The van der Waals surface area contributed by atoms with Crippen molar-refractivity contribution in [3.63, 3.8) is 0 Å². The molecule has 2 aromatic rings. The Kier molecular flexibility index (Phi) is 3.80. The molecule has 0 saturated carbocycles. The van der Waals surface area contributed by atoms with E-state index in [1.807, 2.05) is 54.6 Å². The van der Waals surface area contributed by atoms with Crippen molar-refractivity contribution in [1.29, 1.82) is 0 Å². The third-order valence-corrected chi connectivity index (χ3v) is 3.97. The summed E-state index contributed by atoms with van der Waals surface area (Å²) in [6.07, 6.45) is 0. The van der Waals surface area contributed by atoms with E-state index < -0.39 is 5.01 Å². The quantitative estimate of drug-likeness (QED) is 0.623. The van der Waals surface area contributed by atoms with Crippen molar-refractivity contribution < 1.29 is 14.3 Å². The van der Waals surface area contributed by atoms with E-state index in [0.717, 1.165) is 16.7 Å². The predicted octanol–water partition coefficient (Wildman–Crippen LogP) is 3.99. The summed E-state index contributed by atoms with van der Waals surface area (Å²) in [4.78, 5) is 11.9. The topological polar surface area (TPSA) is 35.5 Å². The molecule has 0 saturated heterocycles. The summed E-state index contributed by atoms with van der Waals surface area (Å²) in [7, 11) is 1.53. The van der Waals surface area contributed by atoms with E-state index in [2.05, 4.69) is 15.9 Å². The van der Waals surface area contributed by atoms with E-state index in [-0.39, 0.29) is 5.97 Å². The van der Waals surface area contributed by atoms with Gasteiger partial charge < -0.3 is 9.47 Å². The number of benzene rings is 2. The molecule has 1 aliphatic heterocycles. The molecule has 1 heterocycles. The second-order valence-electron chi connectivity index (χ2n) is 4.61. The summed E-state index contributed by atoms with van der Waals surface area (Å²) < 4.78 is 10.4. The number of hydrogen-bond acceptors (Lipinski definition) is 3. The highest BCUT2D eigenvalue weighted by molar-refractivity contribution is 9.09. The van der Waals surface area contributed by atoms with Crippen molar-refractivity contribution in [2.45, 2.75) is 5.01 Å². The van der Waals surface area contributed by atoms with E-state index in [1.165, 1.54) is 7.11 Å². The molecule has 4 heteroatoms. The zero-order chi connectivity index (χ0) is 14.8. The smallest absolute Gasteiger partial charge is 0.343 e. The van der Waals surface area contributed by atoms with Gasteiger partial charge in [0.1, 0.15) is 5.57 Å². The zero-order valence-corrected chi connectivity index (χ0v) is 13.0. The molecule has 0 fully saturated rings. The van der Waals surface area contributed by atoms with Crippen LogP contribution in [-0.2, 0) is 14.3 Å². The van der Waals surface area contributed by atoms with Crippen molar-refractivity contribution in [1.82, 2.24) is 0 Å². The van der Waals surface area contributed by atoms with Gasteiger partial charge in [-0.1, -0.05) is 54.6 Å². The third kappa shape index (κ3) is 2.59. The minimum atomic E-state index is -0.515. The molecule has 0 spiro atoms. The van der Waals surface area contributed by atoms with E-state index >= 15 is 0 Å². The van der Waals surface area contributed by atoms with Crippen LogP contribution in [0.3, 0.4) is 0 Å². The van der Waals surface area contributed by atoms with Gasteiger partial charge in [0.15, 0.2) is 5.76 Å². The lowest BCUT2D eigenvalue weighted by Crippen LogP contribution is -2.02. The lowest BCUT2D eigenvalue weighted by molar-refractivity contribution is -0.135. The first kappa shape index (κ1) is 13.9. The molecule has 0 amide bonds. The highest BCUT2D eigenvalue weighted by Gasteiger charge is 2.34. The number of alkyl halides is 1. The summed E-state index contributed by atoms with van der Waals surface area (Å²) in [6, 6.07) is 17.9. The second-order valence-corrected chi connectivity index (χ2v) is 5.44. The van der Waals surface area contributed by atoms with Gasteiger partial charge in [0.25, 0.3) is 0 Å². The number of cyclic esters (lactones) is 1. The fourth-order valence-electron chi connectivity index (χ4n) is 2.34. The van der Waals surface area contributed by atoms with Gasteiger partial charge in [-0.15, -0.1) is 0 Å². The van der Waals surface area contributed by atoms with Gasteiger partial charge in [-0.3, -0.25) is 0 Å². The van der Waals surface area contributed by atoms with Crippen molar-refractivity contribution >= 4 is 27.5 Å². The molecule has 0 N–H and O–H groups in total. The minimum absolute atomic E-state index is 0.374. The van der Waals surface area contributed by atoms with Crippen LogP contribution in [0.25, 0.3) is 16.7 Å². The van der Waals surface area contributed by atoms with Crippen molar-refractivity contribution in [3.8, 4) is 11.1 Å². The molecule has 2 aromatic carbocycles. The molecule has 106 valence electrons. The fourth-order valence-corrected chi connectivity index (χ4v) is 2.92. The van der Waals surface area contributed by atoms with Crippen molar-refractivity contribution in [2.24, 2.45) is 0 Å². The van der Waals surface area contributed by atoms with E-state index in [1.54, 1.807) is 0 Å². The molecule has 0 aromatic heterocycles. The lowest BCUT2D eigenvalue weighted by Gasteiger charge is -2.06. The predicted molar refractivity (Wildman–Crippen MR) is 84.6 cm³/mol. The van der Waals surface area contributed by atoms with Crippen LogP contribution >= 0.6 is 15.9 Å². The maximum atomic E-state index is 11.9. The van der Waals surface area contributed by atoms with Gasteiger partial charge >= 0.3 is 5.97 Å². The fraction of sp³-hybridized carbons (Fsp3) is 0.118. The summed E-state index contributed by atoms with van der Waals surface area (Å²) >= 11 is 3.27. The van der Waals surface area contributed by atoms with Gasteiger partial charge in [-0.25, -0.2) is 4.79 Å². The largest absolute Gasteiger partial charge is 0.495 e. The van der Waals surface area contributed by atoms with Crippen LogP contribution in [0.5, 0.6) is 0 Å². The van der Waals surface area contributed by atoms with Crippen LogP contribution in [0.2, 0.25) is 0 Å². The summed E-state index contributed by atoms with van der Waals surface area (Å²) in [5, 5.41) is -0.515. The number of esters is 1. The van der Waals surface area contributed by atoms with Crippen LogP contribution in [0.4, 0.5) is 0 Å². The number of rotatable bonds is 3. The summed E-state index contributed by atoms with van der Waals surface area (Å²) in [5.74, 6) is 0.133. The van der Waals surface area contributed by atoms with Gasteiger partial charge in [0, 0.05) is 0 Å². The Labute approximate surface area is 131 Å². The van der Waals surface area contributed by atoms with Crippen LogP contribution in [-0.4, -0.2) is 18.1 Å². The molecule has 21 heavy (non-hydrogen) atoms. The second kappa shape index (κ2) is 5.74. The number of halogens is 1. The molecule has 3 rings (SSSR count). The molecule has 0 radical (unpaired) electrons. The maximum absolute atomic E-state index is 11.9. The molecule has 1 unspecified atom stereocenters. The maximum Gasteiger partial charge on any atom is 0.343 e. The molecule has 1 atom stereocenters. The number of hydrogen-bond donors (Lipinski definition) is 0. The summed E-state index contributed by atoms with van der Waals surface area (Å²) in [6.45, 7) is 0. The number of carbonyl (C=O) groups is 1. The average Bonchev–Trinajstić information content (AvgIpc) is 2.82. The Bertz CT molecular complexity index is 690. The van der Waals surface area contributed by atoms with Crippen LogP contribution in [0.1, 0.15) is 5.56 Å². The Morgan fingerprint density at radius 1 is 0.952 bits per heavy atom. The molecule has 1 aliphatic rings. The Morgan fingerprint density at radius 2 is 1.52 bits per heavy atom. The van der Waals surface area contributed by atoms with Gasteiger partial charge in [-0.05, 0) is 32.6 Å². The van der Waals surface area contributed by atoms with E-state index in [9.17, 15) is 4.79 Å². The van der Waals surface area contributed by atoms with Crippen molar-refractivity contribution in [3.05, 3.63) is 65.9 Å². The first-order chi connectivity index (χ1) is 10.2. The van der Waals surface area contributed by atoms with E-state index in [0.29, 0.717) is 11.3 Å². The van der Waals surface area contributed by atoms with Gasteiger partial charge in [-0.2, -0.15) is 0 Å². The third-order valence-electron chi connectivity index (χ3n) is 3.37.